The van der Waals surface area contributed by atoms with E-state index in [2.05, 4.69) is 5.32 Å². The van der Waals surface area contributed by atoms with E-state index in [1.54, 1.807) is 18.2 Å². The van der Waals surface area contributed by atoms with Gasteiger partial charge in [0.2, 0.25) is 0 Å². The summed E-state index contributed by atoms with van der Waals surface area (Å²) in [5, 5.41) is 13.3. The third kappa shape index (κ3) is 4.48. The van der Waals surface area contributed by atoms with E-state index in [1.165, 1.54) is 30.3 Å². The Kier molecular flexibility index (Phi) is 5.55. The molecule has 2 aromatic rings. The van der Waals surface area contributed by atoms with E-state index >= 15 is 0 Å². The highest BCUT2D eigenvalue weighted by molar-refractivity contribution is 7.91. The Hall–Kier alpha value is -1.60. The van der Waals surface area contributed by atoms with Crippen molar-refractivity contribution in [1.82, 2.24) is 0 Å². The number of anilines is 1. The van der Waals surface area contributed by atoms with Crippen LogP contribution in [0, 0.1) is 0 Å². The molecule has 1 atom stereocenters. The molecular formula is C16H15Cl2NO4S. The van der Waals surface area contributed by atoms with Crippen LogP contribution in [-0.2, 0) is 14.6 Å². The van der Waals surface area contributed by atoms with Crippen LogP contribution in [0.3, 0.4) is 0 Å². The number of carbonyl (C=O) groups excluding carboxylic acids is 1. The van der Waals surface area contributed by atoms with Crippen LogP contribution in [0.15, 0.2) is 53.4 Å². The molecule has 0 saturated carbocycles. The Bertz CT molecular complexity index is 852. The van der Waals surface area contributed by atoms with Crippen LogP contribution in [-0.4, -0.2) is 30.8 Å². The maximum absolute atomic E-state index is 12.3. The summed E-state index contributed by atoms with van der Waals surface area (Å²) >= 11 is 11.7. The zero-order valence-corrected chi connectivity index (χ0v) is 15.0. The molecule has 128 valence electrons. The summed E-state index contributed by atoms with van der Waals surface area (Å²) in [7, 11) is -3.84. The summed E-state index contributed by atoms with van der Waals surface area (Å²) in [5.41, 5.74) is -1.92. The number of amides is 1. The Morgan fingerprint density at radius 3 is 2.38 bits per heavy atom. The molecule has 0 saturated heterocycles. The molecule has 0 spiro atoms. The minimum atomic E-state index is -3.84. The molecule has 0 aromatic heterocycles. The molecule has 2 rings (SSSR count). The van der Waals surface area contributed by atoms with Gasteiger partial charge in [-0.15, -0.1) is 0 Å². The molecule has 0 radical (unpaired) electrons. The normalized spacial score (nSPS) is 14.0. The first-order chi connectivity index (χ1) is 11.1. The van der Waals surface area contributed by atoms with E-state index in [-0.39, 0.29) is 15.6 Å². The lowest BCUT2D eigenvalue weighted by Crippen LogP contribution is -2.45. The molecule has 0 fully saturated rings. The van der Waals surface area contributed by atoms with Crippen LogP contribution in [0.25, 0.3) is 0 Å². The Balaban J connectivity index is 2.19. The van der Waals surface area contributed by atoms with Crippen LogP contribution in [0.4, 0.5) is 5.69 Å². The van der Waals surface area contributed by atoms with Gasteiger partial charge in [0.25, 0.3) is 5.91 Å². The summed E-state index contributed by atoms with van der Waals surface area (Å²) in [6.45, 7) is 1.13. The average molecular weight is 388 g/mol. The first kappa shape index (κ1) is 18.7. The molecule has 2 N–H and O–H groups in total. The van der Waals surface area contributed by atoms with Crippen LogP contribution in [0.2, 0.25) is 10.0 Å². The fourth-order valence-corrected chi connectivity index (χ4v) is 4.06. The van der Waals surface area contributed by atoms with E-state index in [0.29, 0.717) is 5.02 Å². The number of halogens is 2. The number of benzene rings is 2. The van der Waals surface area contributed by atoms with Crippen molar-refractivity contribution in [1.29, 1.82) is 0 Å². The number of hydrogen-bond donors (Lipinski definition) is 2. The zero-order chi connectivity index (χ0) is 18.0. The topological polar surface area (TPSA) is 83.5 Å². The van der Waals surface area contributed by atoms with Crippen molar-refractivity contribution in [2.75, 3.05) is 11.1 Å². The highest BCUT2D eigenvalue weighted by Gasteiger charge is 2.36. The molecule has 0 aliphatic rings. The molecular weight excluding hydrogens is 373 g/mol. The summed E-state index contributed by atoms with van der Waals surface area (Å²) in [4.78, 5) is 12.3. The zero-order valence-electron chi connectivity index (χ0n) is 12.7. The number of carbonyl (C=O) groups is 1. The van der Waals surface area contributed by atoms with Crippen molar-refractivity contribution in [3.8, 4) is 0 Å². The monoisotopic (exact) mass is 387 g/mol. The first-order valence-corrected chi connectivity index (χ1v) is 9.29. The van der Waals surface area contributed by atoms with Crippen LogP contribution in [0.5, 0.6) is 0 Å². The largest absolute Gasteiger partial charge is 0.379 e. The average Bonchev–Trinajstić information content (AvgIpc) is 2.50. The van der Waals surface area contributed by atoms with Crippen molar-refractivity contribution in [3.63, 3.8) is 0 Å². The molecule has 8 heteroatoms. The summed E-state index contributed by atoms with van der Waals surface area (Å²) in [6.07, 6.45) is 0. The maximum atomic E-state index is 12.3. The number of nitrogens with one attached hydrogen (secondary N) is 1. The van der Waals surface area contributed by atoms with Gasteiger partial charge in [-0.05, 0) is 37.3 Å². The van der Waals surface area contributed by atoms with Gasteiger partial charge in [-0.1, -0.05) is 41.4 Å². The molecule has 2 aromatic carbocycles. The smallest absolute Gasteiger partial charge is 0.257 e. The molecule has 0 aliphatic carbocycles. The van der Waals surface area contributed by atoms with E-state index in [9.17, 15) is 18.3 Å². The number of aliphatic hydroxyl groups is 1. The van der Waals surface area contributed by atoms with Gasteiger partial charge in [0, 0.05) is 5.02 Å². The van der Waals surface area contributed by atoms with Gasteiger partial charge < -0.3 is 10.4 Å². The Morgan fingerprint density at radius 1 is 1.17 bits per heavy atom. The molecule has 0 heterocycles. The fraction of sp³-hybridized carbons (Fsp3) is 0.188. The second kappa shape index (κ2) is 7.11. The molecule has 0 aliphatic heterocycles. The van der Waals surface area contributed by atoms with Gasteiger partial charge in [-0.3, -0.25) is 4.79 Å². The third-order valence-electron chi connectivity index (χ3n) is 3.24. The SMILES string of the molecule is C[C@@](O)(CS(=O)(=O)c1ccccc1)C(=O)Nc1ccc(Cl)cc1Cl. The molecule has 1 amide bonds. The van der Waals surface area contributed by atoms with Gasteiger partial charge in [-0.25, -0.2) is 8.42 Å². The molecule has 24 heavy (non-hydrogen) atoms. The van der Waals surface area contributed by atoms with E-state index < -0.39 is 27.1 Å². The second-order valence-electron chi connectivity index (χ2n) is 5.42. The molecule has 5 nitrogen and oxygen atoms in total. The Morgan fingerprint density at radius 2 is 1.79 bits per heavy atom. The van der Waals surface area contributed by atoms with E-state index in [0.717, 1.165) is 6.92 Å². The second-order valence-corrected chi connectivity index (χ2v) is 8.26. The number of rotatable bonds is 5. The van der Waals surface area contributed by atoms with Crippen LogP contribution >= 0.6 is 23.2 Å². The highest BCUT2D eigenvalue weighted by Crippen LogP contribution is 2.26. The number of hydrogen-bond acceptors (Lipinski definition) is 4. The molecule has 0 unspecified atom stereocenters. The maximum Gasteiger partial charge on any atom is 0.257 e. The first-order valence-electron chi connectivity index (χ1n) is 6.88. The minimum Gasteiger partial charge on any atom is -0.379 e. The summed E-state index contributed by atoms with van der Waals surface area (Å²) in [6, 6.07) is 12.0. The van der Waals surface area contributed by atoms with Crippen LogP contribution in [0.1, 0.15) is 6.92 Å². The van der Waals surface area contributed by atoms with E-state index in [4.69, 9.17) is 23.2 Å². The fourth-order valence-electron chi connectivity index (χ4n) is 1.99. The Labute approximate surface area is 150 Å². The lowest BCUT2D eigenvalue weighted by atomic mass is 10.1. The standard InChI is InChI=1S/C16H15Cl2NO4S/c1-16(21,10-24(22,23)12-5-3-2-4-6-12)15(20)19-14-8-7-11(17)9-13(14)18/h2-9,21H,10H2,1H3,(H,19,20)/t16-/m1/s1. The number of sulfone groups is 1. The quantitative estimate of drug-likeness (QED) is 0.824. The van der Waals surface area contributed by atoms with Crippen molar-refractivity contribution in [2.45, 2.75) is 17.4 Å². The van der Waals surface area contributed by atoms with Gasteiger partial charge in [0.1, 0.15) is 0 Å². The summed E-state index contributed by atoms with van der Waals surface area (Å²) in [5.74, 6) is -1.65. The molecule has 0 bridgehead atoms. The lowest BCUT2D eigenvalue weighted by molar-refractivity contribution is -0.130. The van der Waals surface area contributed by atoms with E-state index in [1.807, 2.05) is 0 Å². The minimum absolute atomic E-state index is 0.0302. The highest BCUT2D eigenvalue weighted by atomic mass is 35.5. The van der Waals surface area contributed by atoms with Crippen LogP contribution < -0.4 is 5.32 Å². The van der Waals surface area contributed by atoms with Gasteiger partial charge in [0.05, 0.1) is 21.4 Å². The third-order valence-corrected chi connectivity index (χ3v) is 5.72. The predicted octanol–water partition coefficient (Wildman–Crippen LogP) is 3.16. The van der Waals surface area contributed by atoms with Gasteiger partial charge in [-0.2, -0.15) is 0 Å². The van der Waals surface area contributed by atoms with Gasteiger partial charge >= 0.3 is 0 Å². The van der Waals surface area contributed by atoms with Gasteiger partial charge in [0.15, 0.2) is 15.4 Å². The summed E-state index contributed by atoms with van der Waals surface area (Å²) < 4.78 is 24.7. The van der Waals surface area contributed by atoms with Crippen molar-refractivity contribution in [3.05, 3.63) is 58.6 Å². The van der Waals surface area contributed by atoms with Crippen molar-refractivity contribution in [2.24, 2.45) is 0 Å². The lowest BCUT2D eigenvalue weighted by Gasteiger charge is -2.22. The van der Waals surface area contributed by atoms with Crippen molar-refractivity contribution < 1.29 is 18.3 Å². The predicted molar refractivity (Wildman–Crippen MR) is 94.2 cm³/mol. The van der Waals surface area contributed by atoms with Crippen molar-refractivity contribution >= 4 is 44.6 Å².